The summed E-state index contributed by atoms with van der Waals surface area (Å²) < 4.78 is 11.0. The molecule has 0 saturated carbocycles. The van der Waals surface area contributed by atoms with Gasteiger partial charge in [-0.1, -0.05) is 35.3 Å². The Bertz CT molecular complexity index is 844. The summed E-state index contributed by atoms with van der Waals surface area (Å²) in [5, 5.41) is 3.42. The van der Waals surface area contributed by atoms with Crippen molar-refractivity contribution in [3.63, 3.8) is 0 Å². The average Bonchev–Trinajstić information content (AvgIpc) is 2.63. The van der Waals surface area contributed by atoms with E-state index in [1.165, 1.54) is 11.0 Å². The Morgan fingerprint density at radius 1 is 1.27 bits per heavy atom. The molecule has 0 fully saturated rings. The van der Waals surface area contributed by atoms with Crippen molar-refractivity contribution in [2.45, 2.75) is 6.10 Å². The van der Waals surface area contributed by atoms with E-state index in [4.69, 9.17) is 32.7 Å². The van der Waals surface area contributed by atoms with Gasteiger partial charge in [-0.25, -0.2) is 0 Å². The number of hydrogen-bond donors (Lipinski definition) is 1. The molecule has 1 aliphatic rings. The molecule has 8 heteroatoms. The number of carbonyl (C=O) groups excluding carboxylic acids is 2. The molecule has 0 aliphatic carbocycles. The van der Waals surface area contributed by atoms with Crippen LogP contribution in [-0.2, 0) is 9.59 Å². The molecule has 26 heavy (non-hydrogen) atoms. The second-order valence-corrected chi connectivity index (χ2v) is 6.48. The normalized spacial score (nSPS) is 15.9. The number of anilines is 1. The highest BCUT2D eigenvalue weighted by Gasteiger charge is 2.32. The molecule has 2 amide bonds. The lowest BCUT2D eigenvalue weighted by molar-refractivity contribution is -0.127. The summed E-state index contributed by atoms with van der Waals surface area (Å²) in [5.41, 5.74) is 0.695. The number of hydrogen-bond acceptors (Lipinski definition) is 4. The van der Waals surface area contributed by atoms with E-state index in [2.05, 4.69) is 5.32 Å². The molecule has 0 aromatic heterocycles. The third kappa shape index (κ3) is 4.03. The first-order chi connectivity index (χ1) is 12.5. The van der Waals surface area contributed by atoms with Gasteiger partial charge in [0.15, 0.2) is 12.7 Å². The minimum absolute atomic E-state index is 0.0358. The number of likely N-dealkylation sites (N-methyl/N-ethyl adjacent to an activating group) is 1. The molecule has 0 saturated heterocycles. The quantitative estimate of drug-likeness (QED) is 0.846. The van der Waals surface area contributed by atoms with E-state index in [9.17, 15) is 9.59 Å². The van der Waals surface area contributed by atoms with E-state index >= 15 is 0 Å². The van der Waals surface area contributed by atoms with Crippen molar-refractivity contribution in [3.8, 4) is 11.5 Å². The molecule has 1 unspecified atom stereocenters. The van der Waals surface area contributed by atoms with Crippen molar-refractivity contribution < 1.29 is 19.1 Å². The largest absolute Gasteiger partial charge is 0.482 e. The second-order valence-electron chi connectivity index (χ2n) is 5.64. The Morgan fingerprint density at radius 3 is 2.81 bits per heavy atom. The van der Waals surface area contributed by atoms with Crippen molar-refractivity contribution in [3.05, 3.63) is 52.5 Å². The van der Waals surface area contributed by atoms with Gasteiger partial charge in [-0.3, -0.25) is 9.59 Å². The maximum atomic E-state index is 12.3. The van der Waals surface area contributed by atoms with E-state index in [-0.39, 0.29) is 19.1 Å². The number of benzene rings is 2. The van der Waals surface area contributed by atoms with E-state index < -0.39 is 12.0 Å². The maximum absolute atomic E-state index is 12.3. The topological polar surface area (TPSA) is 67.9 Å². The van der Waals surface area contributed by atoms with Crippen LogP contribution in [0.15, 0.2) is 42.5 Å². The van der Waals surface area contributed by atoms with Crippen molar-refractivity contribution in [2.24, 2.45) is 0 Å². The van der Waals surface area contributed by atoms with Gasteiger partial charge in [-0.05, 0) is 30.3 Å². The first kappa shape index (κ1) is 18.4. The van der Waals surface area contributed by atoms with Crippen LogP contribution in [0, 0.1) is 0 Å². The van der Waals surface area contributed by atoms with Crippen LogP contribution in [0.3, 0.4) is 0 Å². The van der Waals surface area contributed by atoms with Gasteiger partial charge in [0.2, 0.25) is 0 Å². The highest BCUT2D eigenvalue weighted by Crippen LogP contribution is 2.32. The van der Waals surface area contributed by atoms with Gasteiger partial charge < -0.3 is 19.7 Å². The molecular weight excluding hydrogens is 379 g/mol. The first-order valence-electron chi connectivity index (χ1n) is 7.83. The fourth-order valence-corrected chi connectivity index (χ4v) is 2.96. The van der Waals surface area contributed by atoms with Crippen LogP contribution in [0.2, 0.25) is 10.0 Å². The predicted octanol–water partition coefficient (Wildman–Crippen LogP) is 2.91. The number of para-hydroxylation sites is 2. The van der Waals surface area contributed by atoms with Gasteiger partial charge in [0.05, 0.1) is 17.3 Å². The molecule has 6 nitrogen and oxygen atoms in total. The molecule has 3 rings (SSSR count). The fourth-order valence-electron chi connectivity index (χ4n) is 2.49. The van der Waals surface area contributed by atoms with Crippen LogP contribution in [-0.4, -0.2) is 38.1 Å². The SMILES string of the molecule is CN1C(=O)C(CNC(=O)COc2ccc(Cl)cc2Cl)Oc2ccccc21. The summed E-state index contributed by atoms with van der Waals surface area (Å²) in [6.45, 7) is -0.206. The third-order valence-electron chi connectivity index (χ3n) is 3.84. The van der Waals surface area contributed by atoms with Gasteiger partial charge in [-0.2, -0.15) is 0 Å². The van der Waals surface area contributed by atoms with Crippen LogP contribution in [0.25, 0.3) is 0 Å². The molecule has 0 radical (unpaired) electrons. The van der Waals surface area contributed by atoms with Gasteiger partial charge in [-0.15, -0.1) is 0 Å². The number of ether oxygens (including phenoxy) is 2. The zero-order valence-corrected chi connectivity index (χ0v) is 15.4. The number of nitrogens with one attached hydrogen (secondary N) is 1. The van der Waals surface area contributed by atoms with Crippen LogP contribution in [0.5, 0.6) is 11.5 Å². The molecule has 0 spiro atoms. The summed E-state index contributed by atoms with van der Waals surface area (Å²) in [6, 6.07) is 11.9. The smallest absolute Gasteiger partial charge is 0.269 e. The van der Waals surface area contributed by atoms with Gasteiger partial charge >= 0.3 is 0 Å². The van der Waals surface area contributed by atoms with Crippen molar-refractivity contribution in [1.82, 2.24) is 5.32 Å². The Kier molecular flexibility index (Phi) is 5.54. The zero-order valence-electron chi connectivity index (χ0n) is 13.9. The zero-order chi connectivity index (χ0) is 18.7. The van der Waals surface area contributed by atoms with Crippen molar-refractivity contribution >= 4 is 40.7 Å². The van der Waals surface area contributed by atoms with Gasteiger partial charge in [0.1, 0.15) is 11.5 Å². The van der Waals surface area contributed by atoms with Crippen LogP contribution in [0.4, 0.5) is 5.69 Å². The highest BCUT2D eigenvalue weighted by atomic mass is 35.5. The fraction of sp³-hybridized carbons (Fsp3) is 0.222. The number of nitrogens with zero attached hydrogens (tertiary/aromatic N) is 1. The Balaban J connectivity index is 1.54. The lowest BCUT2D eigenvalue weighted by Crippen LogP contribution is -2.50. The summed E-state index contributed by atoms with van der Waals surface area (Å²) in [4.78, 5) is 25.8. The van der Waals surface area contributed by atoms with Crippen molar-refractivity contribution in [2.75, 3.05) is 25.1 Å². The van der Waals surface area contributed by atoms with Crippen LogP contribution in [0.1, 0.15) is 0 Å². The van der Waals surface area contributed by atoms with E-state index in [1.807, 2.05) is 12.1 Å². The second kappa shape index (κ2) is 7.85. The Labute approximate surface area is 160 Å². The number of rotatable bonds is 5. The Hall–Kier alpha value is -2.44. The van der Waals surface area contributed by atoms with Gasteiger partial charge in [0.25, 0.3) is 11.8 Å². The number of fused-ring (bicyclic) bond motifs is 1. The van der Waals surface area contributed by atoms with Gasteiger partial charge in [0, 0.05) is 12.1 Å². The van der Waals surface area contributed by atoms with E-state index in [0.717, 1.165) is 0 Å². The number of carbonyl (C=O) groups is 2. The monoisotopic (exact) mass is 394 g/mol. The van der Waals surface area contributed by atoms with Crippen LogP contribution >= 0.6 is 23.2 Å². The van der Waals surface area contributed by atoms with Crippen LogP contribution < -0.4 is 19.7 Å². The molecule has 2 aromatic rings. The predicted molar refractivity (Wildman–Crippen MR) is 99.2 cm³/mol. The molecular formula is C18H16Cl2N2O4. The number of halogens is 2. The molecule has 1 aliphatic heterocycles. The molecule has 1 atom stereocenters. The lowest BCUT2D eigenvalue weighted by atomic mass is 10.2. The maximum Gasteiger partial charge on any atom is 0.269 e. The average molecular weight is 395 g/mol. The van der Waals surface area contributed by atoms with E-state index in [1.54, 1.807) is 31.3 Å². The summed E-state index contributed by atoms with van der Waals surface area (Å²) in [6.07, 6.45) is -0.794. The molecule has 136 valence electrons. The van der Waals surface area contributed by atoms with Crippen molar-refractivity contribution in [1.29, 1.82) is 0 Å². The molecule has 0 bridgehead atoms. The highest BCUT2D eigenvalue weighted by molar-refractivity contribution is 6.35. The molecule has 1 N–H and O–H groups in total. The molecule has 2 aromatic carbocycles. The standard InChI is InChI=1S/C18H16Cl2N2O4/c1-22-13-4-2-3-5-15(13)26-16(18(22)24)9-21-17(23)10-25-14-7-6-11(19)8-12(14)20/h2-8,16H,9-10H2,1H3,(H,21,23). The van der Waals surface area contributed by atoms with E-state index in [0.29, 0.717) is 27.2 Å². The first-order valence-corrected chi connectivity index (χ1v) is 8.59. The summed E-state index contributed by atoms with van der Waals surface area (Å²) in [7, 11) is 1.67. The third-order valence-corrected chi connectivity index (χ3v) is 4.37. The summed E-state index contributed by atoms with van der Waals surface area (Å²) >= 11 is 11.8. The Morgan fingerprint density at radius 2 is 2.04 bits per heavy atom. The minimum Gasteiger partial charge on any atom is -0.482 e. The minimum atomic E-state index is -0.794. The molecule has 1 heterocycles. The summed E-state index contributed by atoms with van der Waals surface area (Å²) in [5.74, 6) is 0.322. The number of amides is 2. The lowest BCUT2D eigenvalue weighted by Gasteiger charge is -2.31.